The minimum Gasteiger partial charge on any atom is -0.262 e. The molecule has 0 aromatic carbocycles. The van der Waals surface area contributed by atoms with Gasteiger partial charge in [0, 0.05) is 6.20 Å². The number of aryl methyl sites for hydroxylation is 1. The van der Waals surface area contributed by atoms with Crippen molar-refractivity contribution < 1.29 is 0 Å². The van der Waals surface area contributed by atoms with Gasteiger partial charge in [0.1, 0.15) is 12.2 Å². The Morgan fingerprint density at radius 2 is 2.36 bits per heavy atom. The standard InChI is InChI=1S/C8H8ClN5/c1-5-6(3-10-4-11-5)8-12-7(2-9)13-14-8/h3-4H,2H2,1H3,(H,12,13,14). The summed E-state index contributed by atoms with van der Waals surface area (Å²) in [5, 5.41) is 6.75. The van der Waals surface area contributed by atoms with Crippen LogP contribution in [0.15, 0.2) is 12.5 Å². The molecule has 0 saturated heterocycles. The highest BCUT2D eigenvalue weighted by Crippen LogP contribution is 2.15. The van der Waals surface area contributed by atoms with E-state index < -0.39 is 0 Å². The third-order valence-corrected chi connectivity index (χ3v) is 2.06. The second-order valence-corrected chi connectivity index (χ2v) is 3.03. The largest absolute Gasteiger partial charge is 0.262 e. The molecule has 0 radical (unpaired) electrons. The fourth-order valence-electron chi connectivity index (χ4n) is 1.09. The van der Waals surface area contributed by atoms with Crippen LogP contribution >= 0.6 is 11.6 Å². The van der Waals surface area contributed by atoms with Crippen molar-refractivity contribution in [2.75, 3.05) is 0 Å². The van der Waals surface area contributed by atoms with Gasteiger partial charge >= 0.3 is 0 Å². The number of nitrogens with one attached hydrogen (secondary N) is 1. The molecule has 0 saturated carbocycles. The minimum atomic E-state index is 0.319. The summed E-state index contributed by atoms with van der Waals surface area (Å²) in [5.41, 5.74) is 1.67. The zero-order chi connectivity index (χ0) is 9.97. The zero-order valence-corrected chi connectivity index (χ0v) is 8.28. The van der Waals surface area contributed by atoms with E-state index in [2.05, 4.69) is 25.1 Å². The molecule has 2 heterocycles. The molecule has 2 aromatic heterocycles. The van der Waals surface area contributed by atoms with Crippen molar-refractivity contribution in [3.8, 4) is 11.4 Å². The van der Waals surface area contributed by atoms with Crippen molar-refractivity contribution >= 4 is 11.6 Å². The number of hydrogen-bond acceptors (Lipinski definition) is 4. The lowest BCUT2D eigenvalue weighted by molar-refractivity contribution is 1.02. The summed E-state index contributed by atoms with van der Waals surface area (Å²) in [7, 11) is 0. The molecule has 0 atom stereocenters. The van der Waals surface area contributed by atoms with E-state index in [0.717, 1.165) is 11.3 Å². The molecule has 0 aliphatic carbocycles. The lowest BCUT2D eigenvalue weighted by Gasteiger charge is -1.96. The van der Waals surface area contributed by atoms with Gasteiger partial charge in [-0.15, -0.1) is 11.6 Å². The zero-order valence-electron chi connectivity index (χ0n) is 7.53. The van der Waals surface area contributed by atoms with Gasteiger partial charge in [0.05, 0.1) is 17.1 Å². The van der Waals surface area contributed by atoms with Gasteiger partial charge in [0.15, 0.2) is 5.82 Å². The molecule has 0 amide bonds. The summed E-state index contributed by atoms with van der Waals surface area (Å²) in [4.78, 5) is 12.2. The number of nitrogens with zero attached hydrogens (tertiary/aromatic N) is 4. The Balaban J connectivity index is 2.44. The van der Waals surface area contributed by atoms with Gasteiger partial charge in [-0.2, -0.15) is 5.10 Å². The number of aromatic nitrogens is 5. The molecular formula is C8H8ClN5. The molecular weight excluding hydrogens is 202 g/mol. The van der Waals surface area contributed by atoms with E-state index in [1.165, 1.54) is 6.33 Å². The monoisotopic (exact) mass is 209 g/mol. The first-order valence-electron chi connectivity index (χ1n) is 4.05. The fraction of sp³-hybridized carbons (Fsp3) is 0.250. The van der Waals surface area contributed by atoms with E-state index >= 15 is 0 Å². The molecule has 6 heteroatoms. The topological polar surface area (TPSA) is 67.3 Å². The summed E-state index contributed by atoms with van der Waals surface area (Å²) in [6.45, 7) is 1.88. The Hall–Kier alpha value is -1.49. The first kappa shape index (κ1) is 9.08. The summed E-state index contributed by atoms with van der Waals surface area (Å²) in [6, 6.07) is 0. The van der Waals surface area contributed by atoms with Gasteiger partial charge in [-0.05, 0) is 6.92 Å². The summed E-state index contributed by atoms with van der Waals surface area (Å²) >= 11 is 5.60. The van der Waals surface area contributed by atoms with Gasteiger partial charge in [-0.3, -0.25) is 5.10 Å². The van der Waals surface area contributed by atoms with E-state index in [-0.39, 0.29) is 0 Å². The average molecular weight is 210 g/mol. The van der Waals surface area contributed by atoms with Gasteiger partial charge in [0.2, 0.25) is 0 Å². The molecule has 2 aromatic rings. The van der Waals surface area contributed by atoms with Crippen LogP contribution in [0.1, 0.15) is 11.5 Å². The highest BCUT2D eigenvalue weighted by Gasteiger charge is 2.08. The Kier molecular flexibility index (Phi) is 2.41. The van der Waals surface area contributed by atoms with Crippen LogP contribution in [0.4, 0.5) is 0 Å². The third-order valence-electron chi connectivity index (χ3n) is 1.81. The van der Waals surface area contributed by atoms with Gasteiger partial charge < -0.3 is 0 Å². The summed E-state index contributed by atoms with van der Waals surface area (Å²) in [6.07, 6.45) is 3.18. The lowest BCUT2D eigenvalue weighted by atomic mass is 10.2. The highest BCUT2D eigenvalue weighted by molar-refractivity contribution is 6.16. The average Bonchev–Trinajstić information content (AvgIpc) is 2.67. The molecule has 72 valence electrons. The quantitative estimate of drug-likeness (QED) is 0.758. The number of alkyl halides is 1. The molecule has 0 aliphatic rings. The van der Waals surface area contributed by atoms with Crippen LogP contribution in [0.25, 0.3) is 11.4 Å². The number of rotatable bonds is 2. The van der Waals surface area contributed by atoms with E-state index in [9.17, 15) is 0 Å². The lowest BCUT2D eigenvalue weighted by Crippen LogP contribution is -1.90. The van der Waals surface area contributed by atoms with Crippen LogP contribution in [-0.2, 0) is 5.88 Å². The maximum absolute atomic E-state index is 5.60. The maximum atomic E-state index is 5.60. The molecule has 14 heavy (non-hydrogen) atoms. The molecule has 5 nitrogen and oxygen atoms in total. The first-order valence-corrected chi connectivity index (χ1v) is 4.59. The molecule has 0 unspecified atom stereocenters. The molecule has 2 rings (SSSR count). The van der Waals surface area contributed by atoms with Crippen LogP contribution in [0.3, 0.4) is 0 Å². The Labute approximate surface area is 85.6 Å². The highest BCUT2D eigenvalue weighted by atomic mass is 35.5. The molecule has 0 fully saturated rings. The van der Waals surface area contributed by atoms with E-state index in [1.807, 2.05) is 6.92 Å². The number of halogens is 1. The second kappa shape index (κ2) is 3.71. The fourth-order valence-corrected chi connectivity index (χ4v) is 1.21. The van der Waals surface area contributed by atoms with E-state index in [0.29, 0.717) is 17.5 Å². The molecule has 0 bridgehead atoms. The van der Waals surface area contributed by atoms with Gasteiger partial charge in [-0.25, -0.2) is 15.0 Å². The molecule has 0 spiro atoms. The van der Waals surface area contributed by atoms with Crippen molar-refractivity contribution in [3.63, 3.8) is 0 Å². The van der Waals surface area contributed by atoms with Crippen molar-refractivity contribution in [2.45, 2.75) is 12.8 Å². The van der Waals surface area contributed by atoms with Gasteiger partial charge in [0.25, 0.3) is 0 Å². The van der Waals surface area contributed by atoms with E-state index in [4.69, 9.17) is 11.6 Å². The minimum absolute atomic E-state index is 0.319. The van der Waals surface area contributed by atoms with Crippen LogP contribution in [0, 0.1) is 6.92 Å². The van der Waals surface area contributed by atoms with Gasteiger partial charge in [-0.1, -0.05) is 0 Å². The smallest absolute Gasteiger partial charge is 0.184 e. The van der Waals surface area contributed by atoms with Crippen molar-refractivity contribution in [3.05, 3.63) is 24.0 Å². The Morgan fingerprint density at radius 1 is 1.50 bits per heavy atom. The predicted octanol–water partition coefficient (Wildman–Crippen LogP) is 1.31. The van der Waals surface area contributed by atoms with E-state index in [1.54, 1.807) is 6.20 Å². The Bertz CT molecular complexity index is 439. The van der Waals surface area contributed by atoms with Crippen LogP contribution in [-0.4, -0.2) is 25.1 Å². The van der Waals surface area contributed by atoms with Crippen LogP contribution in [0.5, 0.6) is 0 Å². The Morgan fingerprint density at radius 3 is 3.00 bits per heavy atom. The SMILES string of the molecule is Cc1ncncc1-c1n[nH]c(CCl)n1. The molecule has 0 aliphatic heterocycles. The number of hydrogen-bond donors (Lipinski definition) is 1. The first-order chi connectivity index (χ1) is 6.81. The van der Waals surface area contributed by atoms with Crippen LogP contribution < -0.4 is 0 Å². The summed E-state index contributed by atoms with van der Waals surface area (Å²) in [5.74, 6) is 1.54. The van der Waals surface area contributed by atoms with Crippen molar-refractivity contribution in [1.29, 1.82) is 0 Å². The normalized spacial score (nSPS) is 10.4. The second-order valence-electron chi connectivity index (χ2n) is 2.76. The third kappa shape index (κ3) is 1.58. The maximum Gasteiger partial charge on any atom is 0.184 e. The number of aromatic amines is 1. The number of H-pyrrole nitrogens is 1. The van der Waals surface area contributed by atoms with Crippen LogP contribution in [0.2, 0.25) is 0 Å². The summed E-state index contributed by atoms with van der Waals surface area (Å²) < 4.78 is 0. The molecule has 1 N–H and O–H groups in total. The van der Waals surface area contributed by atoms with Crippen molar-refractivity contribution in [2.24, 2.45) is 0 Å². The predicted molar refractivity (Wildman–Crippen MR) is 51.7 cm³/mol. The van der Waals surface area contributed by atoms with Crippen molar-refractivity contribution in [1.82, 2.24) is 25.1 Å².